The van der Waals surface area contributed by atoms with Crippen LogP contribution in [0.1, 0.15) is 52.4 Å². The third-order valence-electron chi connectivity index (χ3n) is 2.69. The maximum Gasteiger partial charge on any atom is 0.319 e. The van der Waals surface area contributed by atoms with E-state index in [-0.39, 0.29) is 12.5 Å². The first-order chi connectivity index (χ1) is 7.24. The third kappa shape index (κ3) is 8.43. The van der Waals surface area contributed by atoms with Crippen LogP contribution in [0.3, 0.4) is 0 Å². The lowest BCUT2D eigenvalue weighted by Gasteiger charge is -2.14. The van der Waals surface area contributed by atoms with E-state index in [0.29, 0.717) is 12.5 Å². The van der Waals surface area contributed by atoms with Crippen LogP contribution in [0.15, 0.2) is 0 Å². The van der Waals surface area contributed by atoms with Gasteiger partial charge in [-0.3, -0.25) is 4.79 Å². The highest BCUT2D eigenvalue weighted by Crippen LogP contribution is 2.14. The molecule has 3 heteroatoms. The second-order valence-corrected chi connectivity index (χ2v) is 4.01. The summed E-state index contributed by atoms with van der Waals surface area (Å²) in [5, 5.41) is 0. The molecule has 0 amide bonds. The van der Waals surface area contributed by atoms with E-state index in [9.17, 15) is 4.79 Å². The monoisotopic (exact) mass is 215 g/mol. The molecule has 0 aliphatic heterocycles. The third-order valence-corrected chi connectivity index (χ3v) is 2.69. The zero-order valence-electron chi connectivity index (χ0n) is 10.1. The van der Waals surface area contributed by atoms with E-state index in [1.807, 2.05) is 0 Å². The van der Waals surface area contributed by atoms with Crippen molar-refractivity contribution < 1.29 is 9.53 Å². The van der Waals surface area contributed by atoms with E-state index in [1.165, 1.54) is 25.7 Å². The number of rotatable bonds is 9. The summed E-state index contributed by atoms with van der Waals surface area (Å²) in [5.74, 6) is 0.222. The molecule has 1 unspecified atom stereocenters. The van der Waals surface area contributed by atoms with Gasteiger partial charge in [-0.05, 0) is 12.3 Å². The molecule has 2 N–H and O–H groups in total. The lowest BCUT2D eigenvalue weighted by atomic mass is 9.99. The predicted molar refractivity (Wildman–Crippen MR) is 62.6 cm³/mol. The summed E-state index contributed by atoms with van der Waals surface area (Å²) in [6, 6.07) is 0. The Morgan fingerprint density at radius 3 is 2.53 bits per heavy atom. The second kappa shape index (κ2) is 9.97. The molecule has 0 heterocycles. The molecule has 15 heavy (non-hydrogen) atoms. The molecule has 0 bridgehead atoms. The first-order valence-corrected chi connectivity index (χ1v) is 6.10. The molecule has 0 aliphatic carbocycles. The van der Waals surface area contributed by atoms with Gasteiger partial charge in [0.2, 0.25) is 0 Å². The Bertz CT molecular complexity index is 160. The fraction of sp³-hybridized carbons (Fsp3) is 0.917. The van der Waals surface area contributed by atoms with Gasteiger partial charge in [0.1, 0.15) is 0 Å². The molecule has 3 nitrogen and oxygen atoms in total. The van der Waals surface area contributed by atoms with Gasteiger partial charge in [0.25, 0.3) is 0 Å². The van der Waals surface area contributed by atoms with Gasteiger partial charge in [-0.1, -0.05) is 46.0 Å². The van der Waals surface area contributed by atoms with Crippen LogP contribution in [0.25, 0.3) is 0 Å². The van der Waals surface area contributed by atoms with Gasteiger partial charge in [0.15, 0.2) is 0 Å². The fourth-order valence-corrected chi connectivity index (χ4v) is 1.53. The molecule has 0 saturated heterocycles. The standard InChI is InChI=1S/C12H25NO2/c1-3-5-6-7-8-11(4-2)10-15-12(14)9-13/h11H,3-10,13H2,1-2H3. The molecule has 0 fully saturated rings. The molecule has 0 aromatic heterocycles. The highest BCUT2D eigenvalue weighted by atomic mass is 16.5. The summed E-state index contributed by atoms with van der Waals surface area (Å²) in [4.78, 5) is 10.9. The fourth-order valence-electron chi connectivity index (χ4n) is 1.53. The highest BCUT2D eigenvalue weighted by molar-refractivity contribution is 5.71. The minimum absolute atomic E-state index is 0.00767. The maximum absolute atomic E-state index is 10.9. The molecule has 0 saturated carbocycles. The highest BCUT2D eigenvalue weighted by Gasteiger charge is 2.08. The van der Waals surface area contributed by atoms with Crippen LogP contribution in [0.5, 0.6) is 0 Å². The molecule has 90 valence electrons. The van der Waals surface area contributed by atoms with Gasteiger partial charge in [0.05, 0.1) is 13.2 Å². The number of ether oxygens (including phenoxy) is 1. The molecule has 0 aromatic rings. The lowest BCUT2D eigenvalue weighted by molar-refractivity contribution is -0.143. The van der Waals surface area contributed by atoms with Crippen LogP contribution in [-0.4, -0.2) is 19.1 Å². The van der Waals surface area contributed by atoms with E-state index in [1.54, 1.807) is 0 Å². The number of unbranched alkanes of at least 4 members (excludes halogenated alkanes) is 3. The average Bonchev–Trinajstić information content (AvgIpc) is 2.27. The van der Waals surface area contributed by atoms with E-state index in [2.05, 4.69) is 13.8 Å². The smallest absolute Gasteiger partial charge is 0.319 e. The number of carbonyl (C=O) groups excluding carboxylic acids is 1. The van der Waals surface area contributed by atoms with Gasteiger partial charge in [-0.2, -0.15) is 0 Å². The number of carbonyl (C=O) groups is 1. The number of esters is 1. The molecule has 0 rings (SSSR count). The summed E-state index contributed by atoms with van der Waals surface area (Å²) in [5.41, 5.74) is 5.16. The van der Waals surface area contributed by atoms with Crippen LogP contribution < -0.4 is 5.73 Å². The Labute approximate surface area is 93.4 Å². The lowest BCUT2D eigenvalue weighted by Crippen LogP contribution is -2.20. The van der Waals surface area contributed by atoms with Gasteiger partial charge in [-0.25, -0.2) is 0 Å². The van der Waals surface area contributed by atoms with Gasteiger partial charge >= 0.3 is 5.97 Å². The van der Waals surface area contributed by atoms with E-state index < -0.39 is 0 Å². The molecule has 0 aromatic carbocycles. The summed E-state index contributed by atoms with van der Waals surface area (Å²) in [7, 11) is 0. The van der Waals surface area contributed by atoms with E-state index in [4.69, 9.17) is 10.5 Å². The van der Waals surface area contributed by atoms with Gasteiger partial charge in [0, 0.05) is 0 Å². The van der Waals surface area contributed by atoms with Crippen molar-refractivity contribution in [2.75, 3.05) is 13.2 Å². The van der Waals surface area contributed by atoms with Crippen LogP contribution in [0, 0.1) is 5.92 Å². The Hall–Kier alpha value is -0.570. The van der Waals surface area contributed by atoms with Crippen molar-refractivity contribution in [1.82, 2.24) is 0 Å². The molecule has 0 aliphatic rings. The maximum atomic E-state index is 10.9. The quantitative estimate of drug-likeness (QED) is 0.475. The van der Waals surface area contributed by atoms with Crippen LogP contribution in [-0.2, 0) is 9.53 Å². The largest absolute Gasteiger partial charge is 0.464 e. The van der Waals surface area contributed by atoms with Crippen molar-refractivity contribution in [1.29, 1.82) is 0 Å². The molecule has 0 spiro atoms. The van der Waals surface area contributed by atoms with Gasteiger partial charge in [-0.15, -0.1) is 0 Å². The summed E-state index contributed by atoms with van der Waals surface area (Å²) in [6.45, 7) is 4.88. The summed E-state index contributed by atoms with van der Waals surface area (Å²) >= 11 is 0. The van der Waals surface area contributed by atoms with E-state index >= 15 is 0 Å². The number of nitrogens with two attached hydrogens (primary N) is 1. The molecular formula is C12H25NO2. The van der Waals surface area contributed by atoms with Crippen LogP contribution >= 0.6 is 0 Å². The Kier molecular flexibility index (Phi) is 9.59. The topological polar surface area (TPSA) is 52.3 Å². The molecule has 0 radical (unpaired) electrons. The second-order valence-electron chi connectivity index (χ2n) is 4.01. The van der Waals surface area contributed by atoms with Crippen molar-refractivity contribution >= 4 is 5.97 Å². The number of hydrogen-bond acceptors (Lipinski definition) is 3. The van der Waals surface area contributed by atoms with Crippen LogP contribution in [0.2, 0.25) is 0 Å². The average molecular weight is 215 g/mol. The molecule has 1 atom stereocenters. The van der Waals surface area contributed by atoms with Crippen molar-refractivity contribution in [3.05, 3.63) is 0 Å². The zero-order valence-corrected chi connectivity index (χ0v) is 10.1. The SMILES string of the molecule is CCCCCCC(CC)COC(=O)CN. The van der Waals surface area contributed by atoms with E-state index in [0.717, 1.165) is 12.8 Å². The first kappa shape index (κ1) is 14.4. The van der Waals surface area contributed by atoms with Crippen molar-refractivity contribution in [2.45, 2.75) is 52.4 Å². The van der Waals surface area contributed by atoms with Crippen molar-refractivity contribution in [2.24, 2.45) is 11.7 Å². The summed E-state index contributed by atoms with van der Waals surface area (Å²) in [6.07, 6.45) is 7.33. The summed E-state index contributed by atoms with van der Waals surface area (Å²) < 4.78 is 5.04. The Balaban J connectivity index is 3.50. The number of hydrogen-bond donors (Lipinski definition) is 1. The normalized spacial score (nSPS) is 12.5. The van der Waals surface area contributed by atoms with Crippen molar-refractivity contribution in [3.8, 4) is 0 Å². The predicted octanol–water partition coefficient (Wildman–Crippen LogP) is 2.48. The first-order valence-electron chi connectivity index (χ1n) is 6.10. The zero-order chi connectivity index (χ0) is 11.5. The minimum Gasteiger partial charge on any atom is -0.464 e. The Morgan fingerprint density at radius 2 is 2.00 bits per heavy atom. The Morgan fingerprint density at radius 1 is 1.27 bits per heavy atom. The van der Waals surface area contributed by atoms with Gasteiger partial charge < -0.3 is 10.5 Å². The minimum atomic E-state index is -0.290. The molecular weight excluding hydrogens is 190 g/mol. The van der Waals surface area contributed by atoms with Crippen molar-refractivity contribution in [3.63, 3.8) is 0 Å². The van der Waals surface area contributed by atoms with Crippen LogP contribution in [0.4, 0.5) is 0 Å².